The summed E-state index contributed by atoms with van der Waals surface area (Å²) in [5, 5.41) is 13.6. The van der Waals surface area contributed by atoms with Gasteiger partial charge in [0.05, 0.1) is 10.0 Å². The van der Waals surface area contributed by atoms with Crippen molar-refractivity contribution in [2.45, 2.75) is 123 Å². The zero-order valence-electron chi connectivity index (χ0n) is 35.3. The molecule has 4 nitrogen and oxygen atoms in total. The summed E-state index contributed by atoms with van der Waals surface area (Å²) in [6.45, 7) is 19.6. The molecular formula is C48H57Cl4N2O2SiW-. The van der Waals surface area contributed by atoms with Crippen molar-refractivity contribution in [3.63, 3.8) is 0 Å². The number of benzene rings is 4. The molecule has 0 fully saturated rings. The molecule has 0 saturated carbocycles. The Hall–Kier alpha value is -2.50. The molecule has 0 amide bonds. The second-order valence-corrected chi connectivity index (χ2v) is 26.0. The van der Waals surface area contributed by atoms with Gasteiger partial charge in [0.15, 0.2) is 0 Å². The minimum Gasteiger partial charge on any atom is -0.665 e. The van der Waals surface area contributed by atoms with Crippen LogP contribution in [-0.4, -0.2) is 17.8 Å². The van der Waals surface area contributed by atoms with E-state index in [2.05, 4.69) is 90.9 Å². The largest absolute Gasteiger partial charge is 0.665 e. The summed E-state index contributed by atoms with van der Waals surface area (Å²) in [5.41, 5.74) is 11.2. The van der Waals surface area contributed by atoms with Crippen LogP contribution in [0.15, 0.2) is 76.3 Å². The molecule has 310 valence electrons. The summed E-state index contributed by atoms with van der Waals surface area (Å²) in [7, 11) is -2.15. The van der Waals surface area contributed by atoms with E-state index < -0.39 is 26.2 Å². The van der Waals surface area contributed by atoms with Crippen molar-refractivity contribution in [2.24, 2.45) is 3.50 Å². The fourth-order valence-electron chi connectivity index (χ4n) is 7.06. The Labute approximate surface area is 376 Å². The summed E-state index contributed by atoms with van der Waals surface area (Å²) < 4.78 is 13.9. The molecule has 4 aromatic carbocycles. The maximum Gasteiger partial charge on any atom is -0.0607 e. The summed E-state index contributed by atoms with van der Waals surface area (Å²) in [6.07, 6.45) is 8.56. The number of fused-ring (bicyclic) bond motifs is 2. The molecule has 0 spiro atoms. The van der Waals surface area contributed by atoms with Crippen molar-refractivity contribution < 1.29 is 27.5 Å². The van der Waals surface area contributed by atoms with E-state index in [4.69, 9.17) is 50.8 Å². The van der Waals surface area contributed by atoms with Crippen LogP contribution in [0.5, 0.6) is 11.5 Å². The minimum absolute atomic E-state index is 0.0309. The van der Waals surface area contributed by atoms with Gasteiger partial charge in [-0.25, -0.2) is 0 Å². The molecule has 58 heavy (non-hydrogen) atoms. The van der Waals surface area contributed by atoms with Crippen molar-refractivity contribution in [1.82, 2.24) is 4.98 Å². The first-order chi connectivity index (χ1) is 27.3. The van der Waals surface area contributed by atoms with Gasteiger partial charge in [-0.3, -0.25) is 0 Å². The van der Waals surface area contributed by atoms with Gasteiger partial charge in [-0.15, -0.1) is 0 Å². The number of aromatic hydroxyl groups is 1. The average molecular weight is 1050 g/mol. The first-order valence-electron chi connectivity index (χ1n) is 20.1. The standard InChI is InChI=1S/C26H34Cl2O2Si.C10H12.C6H3Cl2N.C6H8N.W/c1-26(2,3)31(4,5)30-25-21(28)15-17-11-7-9-13-19(17)23(25)22-18-12-8-6-10-16(18)14-20(27)24(22)29;1-10(2,3)9-7-5-4-6-8-9;7-4-2-1-3-5(8)6(4)9;1-5-3-4-6(2)7-5;/h14-15,29H,6-13H2,1-5H3;1,4-8H,2-3H3;1-3H;3-4H,1-2H3;/q;;;-1;. The van der Waals surface area contributed by atoms with Gasteiger partial charge < -0.3 is 14.5 Å². The molecule has 5 aromatic rings. The minimum atomic E-state index is -2.15. The van der Waals surface area contributed by atoms with Crippen LogP contribution in [0, 0.1) is 13.8 Å². The molecule has 0 bridgehead atoms. The van der Waals surface area contributed by atoms with Crippen molar-refractivity contribution in [1.29, 1.82) is 0 Å². The maximum atomic E-state index is 11.3. The van der Waals surface area contributed by atoms with Gasteiger partial charge in [0, 0.05) is 11.1 Å². The molecule has 1 aromatic heterocycles. The third-order valence-corrected chi connectivity index (χ3v) is 20.4. The van der Waals surface area contributed by atoms with Crippen LogP contribution in [0.3, 0.4) is 0 Å². The Morgan fingerprint density at radius 1 is 0.690 bits per heavy atom. The fraction of sp³-hybridized carbons (Fsp3) is 0.396. The van der Waals surface area contributed by atoms with Crippen molar-refractivity contribution >= 4 is 64.8 Å². The number of aryl methyl sites for hydroxylation is 4. The second-order valence-electron chi connectivity index (χ2n) is 17.4. The summed E-state index contributed by atoms with van der Waals surface area (Å²) >= 11 is 24.7. The van der Waals surface area contributed by atoms with Crippen LogP contribution >= 0.6 is 46.4 Å². The molecule has 1 N–H and O–H groups in total. The number of rotatable bonds is 6. The topological polar surface area (TPSA) is 55.9 Å². The summed E-state index contributed by atoms with van der Waals surface area (Å²) in [5.74, 6) is 0.927. The predicted octanol–water partition coefficient (Wildman–Crippen LogP) is 15.4. The maximum absolute atomic E-state index is 11.3. The van der Waals surface area contributed by atoms with Crippen molar-refractivity contribution in [2.75, 3.05) is 0 Å². The molecule has 0 radical (unpaired) electrons. The molecule has 1 heterocycles. The molecule has 2 aliphatic carbocycles. The Kier molecular flexibility index (Phi) is 16.0. The number of hydrogen-bond acceptors (Lipinski definition) is 3. The van der Waals surface area contributed by atoms with Crippen molar-refractivity contribution in [3.05, 3.63) is 132 Å². The van der Waals surface area contributed by atoms with Crippen LogP contribution in [0.1, 0.15) is 99.5 Å². The number of aromatic nitrogens is 1. The Balaban J connectivity index is 0.000000201. The van der Waals surface area contributed by atoms with Gasteiger partial charge in [-0.2, -0.15) is 11.4 Å². The van der Waals surface area contributed by atoms with E-state index in [1.807, 2.05) is 56.3 Å². The smallest absolute Gasteiger partial charge is 0.0607 e. The zero-order valence-corrected chi connectivity index (χ0v) is 42.3. The number of hydrogen-bond donors (Lipinski definition) is 1. The number of halogens is 4. The predicted molar refractivity (Wildman–Crippen MR) is 248 cm³/mol. The molecule has 0 aliphatic heterocycles. The van der Waals surface area contributed by atoms with Gasteiger partial charge in [0.1, 0.15) is 11.5 Å². The van der Waals surface area contributed by atoms with E-state index >= 15 is 0 Å². The van der Waals surface area contributed by atoms with Gasteiger partial charge in [-0.1, -0.05) is 70.0 Å². The normalized spacial score (nSPS) is 13.8. The van der Waals surface area contributed by atoms with E-state index in [0.717, 1.165) is 78.9 Å². The first kappa shape index (κ1) is 46.6. The van der Waals surface area contributed by atoms with Crippen LogP contribution in [0.4, 0.5) is 5.69 Å². The van der Waals surface area contributed by atoms with E-state index in [0.29, 0.717) is 20.1 Å². The molecule has 0 atom stereocenters. The zero-order chi connectivity index (χ0) is 42.4. The Bertz CT molecular complexity index is 2250. The quantitative estimate of drug-likeness (QED) is 0.172. The average Bonchev–Trinajstić information content (AvgIpc) is 3.56. The molecule has 0 saturated heterocycles. The Morgan fingerprint density at radius 2 is 1.21 bits per heavy atom. The van der Waals surface area contributed by atoms with E-state index in [1.165, 1.54) is 34.2 Å². The monoisotopic (exact) mass is 1050 g/mol. The number of nitrogens with zero attached hydrogens (tertiary/aromatic N) is 2. The van der Waals surface area contributed by atoms with E-state index in [1.54, 1.807) is 0 Å². The Morgan fingerprint density at radius 3 is 1.72 bits per heavy atom. The molecule has 10 heteroatoms. The van der Waals surface area contributed by atoms with Crippen LogP contribution in [0.25, 0.3) is 11.1 Å². The van der Waals surface area contributed by atoms with Crippen molar-refractivity contribution in [3.8, 4) is 22.6 Å². The third-order valence-electron chi connectivity index (χ3n) is 11.4. The second kappa shape index (κ2) is 19.9. The summed E-state index contributed by atoms with van der Waals surface area (Å²) in [6, 6.07) is 24.0. The van der Waals surface area contributed by atoms with Crippen LogP contribution in [0.2, 0.25) is 38.2 Å². The third kappa shape index (κ3) is 11.4. The SMILES string of the molecule is CC(C)(C)[Si](C)(C)Oc1c(Cl)cc2c(c1-c1c(O)c(Cl)cc3c1CCCC3)CCCC2.CC(C)([CH]=[W]=[N]c1c(Cl)cccc1Cl)c1ccccc1.Cc1ccc(C)[n-]1. The first-order valence-corrected chi connectivity index (χ1v) is 27.6. The van der Waals surface area contributed by atoms with Crippen LogP contribution in [-0.2, 0) is 49.0 Å². The van der Waals surface area contributed by atoms with Gasteiger partial charge in [0.2, 0.25) is 0 Å². The van der Waals surface area contributed by atoms with Crippen LogP contribution < -0.4 is 9.41 Å². The van der Waals surface area contributed by atoms with Gasteiger partial charge in [-0.05, 0) is 104 Å². The van der Waals surface area contributed by atoms with Gasteiger partial charge in [0.25, 0.3) is 8.32 Å². The molecule has 2 aliphatic rings. The molecule has 0 unspecified atom stereocenters. The number of phenolic OH excluding ortho intramolecular Hbond substituents is 1. The number of phenols is 1. The van der Waals surface area contributed by atoms with E-state index in [9.17, 15) is 5.11 Å². The summed E-state index contributed by atoms with van der Waals surface area (Å²) in [4.78, 5) is 4.11. The fourth-order valence-corrected chi connectivity index (χ4v) is 12.2. The van der Waals surface area contributed by atoms with E-state index in [-0.39, 0.29) is 16.2 Å². The van der Waals surface area contributed by atoms with Gasteiger partial charge >= 0.3 is 138 Å². The molecular weight excluding hydrogens is 990 g/mol. The molecule has 7 rings (SSSR count).